The van der Waals surface area contributed by atoms with Crippen molar-refractivity contribution < 1.29 is 4.79 Å². The first-order valence-corrected chi connectivity index (χ1v) is 7.67. The highest BCUT2D eigenvalue weighted by Gasteiger charge is 2.41. The maximum Gasteiger partial charge on any atom is 0.227 e. The summed E-state index contributed by atoms with van der Waals surface area (Å²) in [6.45, 7) is 2.59. The van der Waals surface area contributed by atoms with E-state index in [1.165, 1.54) is 5.56 Å². The minimum absolute atomic E-state index is 0.195. The average molecular weight is 281 g/mol. The highest BCUT2D eigenvalue weighted by Crippen LogP contribution is 2.27. The third kappa shape index (κ3) is 2.29. The lowest BCUT2D eigenvalue weighted by molar-refractivity contribution is -0.131. The fraction of sp³-hybridized carbons (Fsp3) is 0.412. The van der Waals surface area contributed by atoms with Crippen molar-refractivity contribution in [1.82, 2.24) is 15.2 Å². The zero-order valence-electron chi connectivity index (χ0n) is 12.0. The third-order valence-corrected chi connectivity index (χ3v) is 4.67. The van der Waals surface area contributed by atoms with E-state index < -0.39 is 0 Å². The van der Waals surface area contributed by atoms with Gasteiger partial charge in [-0.15, -0.1) is 0 Å². The zero-order chi connectivity index (χ0) is 14.2. The van der Waals surface area contributed by atoms with Gasteiger partial charge in [0.15, 0.2) is 0 Å². The zero-order valence-corrected chi connectivity index (χ0v) is 12.0. The lowest BCUT2D eigenvalue weighted by Gasteiger charge is -2.23. The fourth-order valence-electron chi connectivity index (χ4n) is 3.59. The van der Waals surface area contributed by atoms with E-state index in [1.807, 2.05) is 23.2 Å². The van der Waals surface area contributed by atoms with Crippen LogP contribution in [0.4, 0.5) is 0 Å². The Morgan fingerprint density at radius 2 is 2.29 bits per heavy atom. The third-order valence-electron chi connectivity index (χ3n) is 4.67. The van der Waals surface area contributed by atoms with Crippen molar-refractivity contribution >= 4 is 16.8 Å². The van der Waals surface area contributed by atoms with Gasteiger partial charge in [0.25, 0.3) is 0 Å². The van der Waals surface area contributed by atoms with Gasteiger partial charge in [-0.3, -0.25) is 9.78 Å². The Labute approximate surface area is 124 Å². The minimum atomic E-state index is 0.195. The molecular formula is C17H19N3O. The van der Waals surface area contributed by atoms with Crippen LogP contribution in [0.5, 0.6) is 0 Å². The number of hydrogen-bond donors (Lipinski definition) is 1. The highest BCUT2D eigenvalue weighted by molar-refractivity contribution is 5.83. The van der Waals surface area contributed by atoms with Crippen molar-refractivity contribution in [2.24, 2.45) is 5.92 Å². The molecule has 108 valence electrons. The minimum Gasteiger partial charge on any atom is -0.336 e. The summed E-state index contributed by atoms with van der Waals surface area (Å²) in [5.41, 5.74) is 2.19. The lowest BCUT2D eigenvalue weighted by Crippen LogP contribution is -2.41. The molecular weight excluding hydrogens is 262 g/mol. The smallest absolute Gasteiger partial charge is 0.227 e. The summed E-state index contributed by atoms with van der Waals surface area (Å²) < 4.78 is 0. The Bertz CT molecular complexity index is 685. The van der Waals surface area contributed by atoms with E-state index in [4.69, 9.17) is 0 Å². The molecule has 0 saturated carbocycles. The van der Waals surface area contributed by atoms with E-state index in [1.54, 1.807) is 0 Å². The summed E-state index contributed by atoms with van der Waals surface area (Å²) in [6, 6.07) is 10.6. The SMILES string of the molecule is O=C1C2CCCNC2CN1Cc1ccc2ncccc2c1. The van der Waals surface area contributed by atoms with Crippen LogP contribution in [-0.2, 0) is 11.3 Å². The molecule has 2 fully saturated rings. The molecule has 1 amide bonds. The summed E-state index contributed by atoms with van der Waals surface area (Å²) in [5.74, 6) is 0.513. The van der Waals surface area contributed by atoms with E-state index in [-0.39, 0.29) is 5.92 Å². The van der Waals surface area contributed by atoms with Gasteiger partial charge in [0.2, 0.25) is 5.91 Å². The molecule has 1 N–H and O–H groups in total. The number of piperidine rings is 1. The van der Waals surface area contributed by atoms with Crippen molar-refractivity contribution in [2.75, 3.05) is 13.1 Å². The summed E-state index contributed by atoms with van der Waals surface area (Å²) in [4.78, 5) is 18.8. The van der Waals surface area contributed by atoms with Crippen molar-refractivity contribution in [1.29, 1.82) is 0 Å². The molecule has 0 bridgehead atoms. The van der Waals surface area contributed by atoms with Crippen LogP contribution in [0.25, 0.3) is 10.9 Å². The second-order valence-corrected chi connectivity index (χ2v) is 6.06. The summed E-state index contributed by atoms with van der Waals surface area (Å²) in [5, 5.41) is 4.62. The summed E-state index contributed by atoms with van der Waals surface area (Å²) >= 11 is 0. The Morgan fingerprint density at radius 3 is 3.19 bits per heavy atom. The number of likely N-dealkylation sites (tertiary alicyclic amines) is 1. The van der Waals surface area contributed by atoms with Crippen molar-refractivity contribution in [3.8, 4) is 0 Å². The molecule has 21 heavy (non-hydrogen) atoms. The number of amides is 1. The first kappa shape index (κ1) is 12.8. The predicted molar refractivity (Wildman–Crippen MR) is 81.7 cm³/mol. The van der Waals surface area contributed by atoms with E-state index in [2.05, 4.69) is 28.5 Å². The molecule has 1 aromatic heterocycles. The summed E-state index contributed by atoms with van der Waals surface area (Å²) in [7, 11) is 0. The number of benzene rings is 1. The van der Waals surface area contributed by atoms with E-state index >= 15 is 0 Å². The van der Waals surface area contributed by atoms with Gasteiger partial charge >= 0.3 is 0 Å². The molecule has 1 aromatic carbocycles. The van der Waals surface area contributed by atoms with Gasteiger partial charge in [-0.25, -0.2) is 0 Å². The number of nitrogens with one attached hydrogen (secondary N) is 1. The Kier molecular flexibility index (Phi) is 3.11. The van der Waals surface area contributed by atoms with E-state index in [9.17, 15) is 4.79 Å². The average Bonchev–Trinajstić information content (AvgIpc) is 2.84. The monoisotopic (exact) mass is 281 g/mol. The molecule has 0 radical (unpaired) electrons. The van der Waals surface area contributed by atoms with Crippen LogP contribution in [0, 0.1) is 5.92 Å². The van der Waals surface area contributed by atoms with Crippen LogP contribution in [0.15, 0.2) is 36.5 Å². The number of carbonyl (C=O) groups excluding carboxylic acids is 1. The topological polar surface area (TPSA) is 45.2 Å². The molecule has 2 aliphatic rings. The Hall–Kier alpha value is -1.94. The second kappa shape index (κ2) is 5.11. The molecule has 3 heterocycles. The molecule has 2 aliphatic heterocycles. The molecule has 2 atom stereocenters. The van der Waals surface area contributed by atoms with Crippen LogP contribution in [0.1, 0.15) is 18.4 Å². The number of carbonyl (C=O) groups is 1. The van der Waals surface area contributed by atoms with Crippen LogP contribution in [-0.4, -0.2) is 34.9 Å². The van der Waals surface area contributed by atoms with E-state index in [0.29, 0.717) is 18.5 Å². The van der Waals surface area contributed by atoms with Gasteiger partial charge in [-0.2, -0.15) is 0 Å². The largest absolute Gasteiger partial charge is 0.336 e. The molecule has 0 spiro atoms. The first-order valence-electron chi connectivity index (χ1n) is 7.67. The van der Waals surface area contributed by atoms with Gasteiger partial charge in [-0.1, -0.05) is 12.1 Å². The molecule has 4 heteroatoms. The van der Waals surface area contributed by atoms with Gasteiger partial charge in [0, 0.05) is 30.7 Å². The number of fused-ring (bicyclic) bond motifs is 2. The number of hydrogen-bond acceptors (Lipinski definition) is 3. The maximum absolute atomic E-state index is 12.5. The Balaban J connectivity index is 1.55. The Morgan fingerprint density at radius 1 is 1.33 bits per heavy atom. The molecule has 4 nitrogen and oxygen atoms in total. The molecule has 4 rings (SSSR count). The predicted octanol–water partition coefficient (Wildman–Crippen LogP) is 1.95. The normalized spacial score (nSPS) is 25.3. The van der Waals surface area contributed by atoms with E-state index in [0.717, 1.165) is 36.8 Å². The van der Waals surface area contributed by atoms with Crippen molar-refractivity contribution in [3.63, 3.8) is 0 Å². The fourth-order valence-corrected chi connectivity index (χ4v) is 3.59. The van der Waals surface area contributed by atoms with Gasteiger partial charge in [0.1, 0.15) is 0 Å². The highest BCUT2D eigenvalue weighted by atomic mass is 16.2. The lowest BCUT2D eigenvalue weighted by atomic mass is 9.94. The number of rotatable bonds is 2. The van der Waals surface area contributed by atoms with Gasteiger partial charge in [0.05, 0.1) is 11.4 Å². The van der Waals surface area contributed by atoms with Crippen LogP contribution >= 0.6 is 0 Å². The van der Waals surface area contributed by atoms with Crippen LogP contribution in [0.3, 0.4) is 0 Å². The number of aromatic nitrogens is 1. The number of nitrogens with zero attached hydrogens (tertiary/aromatic N) is 2. The second-order valence-electron chi connectivity index (χ2n) is 6.06. The molecule has 0 aliphatic carbocycles. The molecule has 2 saturated heterocycles. The van der Waals surface area contributed by atoms with Gasteiger partial charge in [-0.05, 0) is 43.1 Å². The van der Waals surface area contributed by atoms with Crippen molar-refractivity contribution in [3.05, 3.63) is 42.1 Å². The van der Waals surface area contributed by atoms with Crippen LogP contribution < -0.4 is 5.32 Å². The molecule has 2 unspecified atom stereocenters. The standard InChI is InChI=1S/C17H19N3O/c21-17-14-4-2-8-19-16(14)11-20(17)10-12-5-6-15-13(9-12)3-1-7-18-15/h1,3,5-7,9,14,16,19H,2,4,8,10-11H2. The maximum atomic E-state index is 12.5. The van der Waals surface area contributed by atoms with Crippen LogP contribution in [0.2, 0.25) is 0 Å². The summed E-state index contributed by atoms with van der Waals surface area (Å²) in [6.07, 6.45) is 3.96. The van der Waals surface area contributed by atoms with Gasteiger partial charge < -0.3 is 10.2 Å². The van der Waals surface area contributed by atoms with Crippen molar-refractivity contribution in [2.45, 2.75) is 25.4 Å². The first-order chi connectivity index (χ1) is 10.3. The molecule has 2 aromatic rings. The number of pyridine rings is 1. The quantitative estimate of drug-likeness (QED) is 0.915.